The highest BCUT2D eigenvalue weighted by Crippen LogP contribution is 2.28. The SMILES string of the molecule is CCn1cc(N2CCCC(Nc3nccc(C(F)(F)F)n3)C2)c(=O)n(CC)c1=O. The van der Waals surface area contributed by atoms with Crippen LogP contribution in [0.2, 0.25) is 0 Å². The van der Waals surface area contributed by atoms with Crippen molar-refractivity contribution in [3.05, 3.63) is 45.0 Å². The molecular weight excluding hydrogens is 389 g/mol. The van der Waals surface area contributed by atoms with Gasteiger partial charge in [-0.1, -0.05) is 0 Å². The molecule has 2 aromatic heterocycles. The summed E-state index contributed by atoms with van der Waals surface area (Å²) in [5, 5.41) is 2.94. The summed E-state index contributed by atoms with van der Waals surface area (Å²) in [5.74, 6) is -0.101. The first-order valence-electron chi connectivity index (χ1n) is 9.50. The van der Waals surface area contributed by atoms with Crippen molar-refractivity contribution in [2.24, 2.45) is 0 Å². The minimum Gasteiger partial charge on any atom is -0.364 e. The molecule has 29 heavy (non-hydrogen) atoms. The standard InChI is InChI=1S/C18H23F3N6O2/c1-3-25-11-13(15(28)27(4-2)17(25)29)26-9-5-6-12(10-26)23-16-22-8-7-14(24-16)18(19,20)21/h7-8,11-12H,3-6,9-10H2,1-2H3,(H,22,23,24). The Morgan fingerprint density at radius 3 is 2.66 bits per heavy atom. The van der Waals surface area contributed by atoms with Crippen LogP contribution in [-0.2, 0) is 19.3 Å². The average molecular weight is 412 g/mol. The van der Waals surface area contributed by atoms with E-state index in [1.165, 1.54) is 9.13 Å². The molecule has 1 atom stereocenters. The van der Waals surface area contributed by atoms with Crippen molar-refractivity contribution < 1.29 is 13.2 Å². The smallest absolute Gasteiger partial charge is 0.364 e. The molecule has 0 bridgehead atoms. The molecule has 0 amide bonds. The molecule has 0 spiro atoms. The maximum Gasteiger partial charge on any atom is 0.433 e. The molecule has 158 valence electrons. The lowest BCUT2D eigenvalue weighted by Crippen LogP contribution is -2.48. The van der Waals surface area contributed by atoms with Crippen molar-refractivity contribution >= 4 is 11.6 Å². The molecule has 1 fully saturated rings. The Labute approximate surface area is 165 Å². The third-order valence-electron chi connectivity index (χ3n) is 4.92. The molecule has 2 aromatic rings. The van der Waals surface area contributed by atoms with E-state index in [4.69, 9.17) is 0 Å². The van der Waals surface area contributed by atoms with Crippen LogP contribution in [0.1, 0.15) is 32.4 Å². The number of alkyl halides is 3. The van der Waals surface area contributed by atoms with Gasteiger partial charge in [-0.15, -0.1) is 0 Å². The second-order valence-corrected chi connectivity index (χ2v) is 6.83. The van der Waals surface area contributed by atoms with Crippen molar-refractivity contribution in [3.63, 3.8) is 0 Å². The molecular formula is C18H23F3N6O2. The molecule has 1 saturated heterocycles. The van der Waals surface area contributed by atoms with Crippen LogP contribution in [0.4, 0.5) is 24.8 Å². The summed E-state index contributed by atoms with van der Waals surface area (Å²) in [5.41, 5.74) is -1.32. The van der Waals surface area contributed by atoms with Gasteiger partial charge in [0.1, 0.15) is 11.4 Å². The molecule has 0 aromatic carbocycles. The zero-order chi connectivity index (χ0) is 21.2. The summed E-state index contributed by atoms with van der Waals surface area (Å²) in [4.78, 5) is 34.3. The van der Waals surface area contributed by atoms with Crippen LogP contribution >= 0.6 is 0 Å². The summed E-state index contributed by atoms with van der Waals surface area (Å²) in [6.07, 6.45) is -0.494. The minimum absolute atomic E-state index is 0.101. The molecule has 1 aliphatic rings. The molecule has 1 unspecified atom stereocenters. The largest absolute Gasteiger partial charge is 0.433 e. The monoisotopic (exact) mass is 412 g/mol. The molecule has 3 heterocycles. The molecule has 1 aliphatic heterocycles. The van der Waals surface area contributed by atoms with E-state index < -0.39 is 11.9 Å². The third kappa shape index (κ3) is 4.43. The van der Waals surface area contributed by atoms with E-state index >= 15 is 0 Å². The first-order chi connectivity index (χ1) is 13.7. The van der Waals surface area contributed by atoms with E-state index in [1.807, 2.05) is 11.8 Å². The van der Waals surface area contributed by atoms with E-state index in [1.54, 1.807) is 13.1 Å². The number of hydrogen-bond donors (Lipinski definition) is 1. The average Bonchev–Trinajstić information content (AvgIpc) is 2.68. The zero-order valence-corrected chi connectivity index (χ0v) is 16.2. The van der Waals surface area contributed by atoms with Crippen LogP contribution in [0.15, 0.2) is 28.0 Å². The van der Waals surface area contributed by atoms with Crippen molar-refractivity contribution in [1.82, 2.24) is 19.1 Å². The minimum atomic E-state index is -4.54. The lowest BCUT2D eigenvalue weighted by Gasteiger charge is -2.34. The Morgan fingerprint density at radius 2 is 2.00 bits per heavy atom. The van der Waals surface area contributed by atoms with Crippen LogP contribution in [0, 0.1) is 0 Å². The van der Waals surface area contributed by atoms with E-state index in [-0.39, 0.29) is 29.8 Å². The number of hydrogen-bond acceptors (Lipinski definition) is 6. The van der Waals surface area contributed by atoms with Gasteiger partial charge in [0.15, 0.2) is 0 Å². The Kier molecular flexibility index (Phi) is 5.94. The van der Waals surface area contributed by atoms with Crippen LogP contribution in [0.5, 0.6) is 0 Å². The van der Waals surface area contributed by atoms with Gasteiger partial charge in [0.05, 0.1) is 0 Å². The van der Waals surface area contributed by atoms with E-state index in [2.05, 4.69) is 15.3 Å². The second-order valence-electron chi connectivity index (χ2n) is 6.83. The molecule has 3 rings (SSSR count). The van der Waals surface area contributed by atoms with E-state index in [0.717, 1.165) is 18.7 Å². The predicted octanol–water partition coefficient (Wildman–Crippen LogP) is 1.94. The Morgan fingerprint density at radius 1 is 1.24 bits per heavy atom. The highest BCUT2D eigenvalue weighted by molar-refractivity contribution is 5.44. The van der Waals surface area contributed by atoms with Crippen molar-refractivity contribution in [3.8, 4) is 0 Å². The second kappa shape index (κ2) is 8.26. The van der Waals surface area contributed by atoms with Crippen molar-refractivity contribution in [2.75, 3.05) is 23.3 Å². The Bertz CT molecular complexity index is 985. The van der Waals surface area contributed by atoms with Gasteiger partial charge < -0.3 is 10.2 Å². The van der Waals surface area contributed by atoms with Gasteiger partial charge in [0.2, 0.25) is 5.95 Å². The van der Waals surface area contributed by atoms with Gasteiger partial charge in [0.25, 0.3) is 5.56 Å². The number of anilines is 2. The normalized spacial score (nSPS) is 17.4. The number of aromatic nitrogens is 4. The Hall–Kier alpha value is -2.85. The number of piperidine rings is 1. The maximum atomic E-state index is 12.9. The van der Waals surface area contributed by atoms with Crippen LogP contribution in [0.25, 0.3) is 0 Å². The zero-order valence-electron chi connectivity index (χ0n) is 16.2. The van der Waals surface area contributed by atoms with Crippen molar-refractivity contribution in [1.29, 1.82) is 0 Å². The topological polar surface area (TPSA) is 85.1 Å². The third-order valence-corrected chi connectivity index (χ3v) is 4.92. The fourth-order valence-electron chi connectivity index (χ4n) is 3.44. The molecule has 1 N–H and O–H groups in total. The fraction of sp³-hybridized carbons (Fsp3) is 0.556. The maximum absolute atomic E-state index is 12.9. The number of nitrogens with zero attached hydrogens (tertiary/aromatic N) is 5. The van der Waals surface area contributed by atoms with Gasteiger partial charge in [-0.3, -0.25) is 13.9 Å². The highest BCUT2D eigenvalue weighted by Gasteiger charge is 2.33. The number of nitrogens with one attached hydrogen (secondary N) is 1. The molecule has 11 heteroatoms. The van der Waals surface area contributed by atoms with Crippen LogP contribution in [-0.4, -0.2) is 38.2 Å². The lowest BCUT2D eigenvalue weighted by atomic mass is 10.1. The summed E-state index contributed by atoms with van der Waals surface area (Å²) in [7, 11) is 0. The molecule has 0 radical (unpaired) electrons. The summed E-state index contributed by atoms with van der Waals surface area (Å²) in [6.45, 7) is 5.25. The summed E-state index contributed by atoms with van der Waals surface area (Å²) in [6, 6.07) is 0.586. The molecule has 0 aliphatic carbocycles. The van der Waals surface area contributed by atoms with Gasteiger partial charge in [-0.05, 0) is 32.8 Å². The summed E-state index contributed by atoms with van der Waals surface area (Å²) >= 11 is 0. The van der Waals surface area contributed by atoms with Gasteiger partial charge >= 0.3 is 11.9 Å². The van der Waals surface area contributed by atoms with Gasteiger partial charge in [-0.25, -0.2) is 14.8 Å². The predicted molar refractivity (Wildman–Crippen MR) is 102 cm³/mol. The van der Waals surface area contributed by atoms with E-state index in [9.17, 15) is 22.8 Å². The van der Waals surface area contributed by atoms with E-state index in [0.29, 0.717) is 31.7 Å². The quantitative estimate of drug-likeness (QED) is 0.808. The number of rotatable bonds is 5. The summed E-state index contributed by atoms with van der Waals surface area (Å²) < 4.78 is 41.2. The van der Waals surface area contributed by atoms with Crippen LogP contribution < -0.4 is 21.5 Å². The number of halogens is 3. The van der Waals surface area contributed by atoms with Crippen molar-refractivity contribution in [2.45, 2.75) is 52.0 Å². The fourth-order valence-corrected chi connectivity index (χ4v) is 3.44. The van der Waals surface area contributed by atoms with Gasteiger partial charge in [0, 0.05) is 44.6 Å². The Balaban J connectivity index is 1.83. The van der Waals surface area contributed by atoms with Gasteiger partial charge in [-0.2, -0.15) is 13.2 Å². The molecule has 0 saturated carbocycles. The first kappa shape index (κ1) is 20.9. The highest BCUT2D eigenvalue weighted by atomic mass is 19.4. The van der Waals surface area contributed by atoms with Crippen LogP contribution in [0.3, 0.4) is 0 Å². The molecule has 8 nitrogen and oxygen atoms in total. The number of aryl methyl sites for hydroxylation is 1. The first-order valence-corrected chi connectivity index (χ1v) is 9.50. The lowest BCUT2D eigenvalue weighted by molar-refractivity contribution is -0.141.